The molecule has 1 aromatic rings. The first-order valence-corrected chi connectivity index (χ1v) is 6.85. The van der Waals surface area contributed by atoms with Crippen LogP contribution in [0, 0.1) is 0 Å². The summed E-state index contributed by atoms with van der Waals surface area (Å²) in [5.74, 6) is -0.0357. The van der Waals surface area contributed by atoms with Crippen LogP contribution >= 0.6 is 0 Å². The fourth-order valence-electron chi connectivity index (χ4n) is 2.18. The molecule has 0 radical (unpaired) electrons. The summed E-state index contributed by atoms with van der Waals surface area (Å²) < 4.78 is 0. The van der Waals surface area contributed by atoms with Crippen LogP contribution in [0.15, 0.2) is 24.5 Å². The number of nitrogens with one attached hydrogen (secondary N) is 1. The van der Waals surface area contributed by atoms with Crippen molar-refractivity contribution in [1.29, 1.82) is 0 Å². The monoisotopic (exact) mass is 262 g/mol. The molecule has 5 nitrogen and oxygen atoms in total. The minimum absolute atomic E-state index is 0.0357. The minimum atomic E-state index is -0.0357. The predicted octanol–water partition coefficient (Wildman–Crippen LogP) is 0.449. The molecule has 0 spiro atoms. The van der Waals surface area contributed by atoms with E-state index in [0.717, 1.165) is 45.7 Å². The van der Waals surface area contributed by atoms with Crippen molar-refractivity contribution < 1.29 is 4.79 Å². The Morgan fingerprint density at radius 2 is 2.16 bits per heavy atom. The van der Waals surface area contributed by atoms with E-state index in [1.165, 1.54) is 0 Å². The first-order valence-electron chi connectivity index (χ1n) is 6.85. The Morgan fingerprint density at radius 1 is 1.37 bits per heavy atom. The lowest BCUT2D eigenvalue weighted by molar-refractivity contribution is 0.0949. The van der Waals surface area contributed by atoms with E-state index < -0.39 is 0 Å². The van der Waals surface area contributed by atoms with E-state index >= 15 is 0 Å². The van der Waals surface area contributed by atoms with Gasteiger partial charge in [-0.15, -0.1) is 0 Å². The highest BCUT2D eigenvalue weighted by atomic mass is 16.1. The van der Waals surface area contributed by atoms with Crippen LogP contribution in [0.25, 0.3) is 0 Å². The minimum Gasteiger partial charge on any atom is -0.352 e. The molecule has 0 saturated carbocycles. The van der Waals surface area contributed by atoms with Gasteiger partial charge in [-0.1, -0.05) is 0 Å². The van der Waals surface area contributed by atoms with E-state index in [1.54, 1.807) is 24.5 Å². The van der Waals surface area contributed by atoms with Gasteiger partial charge in [0, 0.05) is 45.1 Å². The fraction of sp³-hybridized carbons (Fsp3) is 0.571. The van der Waals surface area contributed by atoms with Crippen molar-refractivity contribution in [2.24, 2.45) is 0 Å². The molecule has 0 atom stereocenters. The molecule has 0 bridgehead atoms. The van der Waals surface area contributed by atoms with Gasteiger partial charge in [0.15, 0.2) is 0 Å². The van der Waals surface area contributed by atoms with Crippen LogP contribution in [0.3, 0.4) is 0 Å². The zero-order valence-corrected chi connectivity index (χ0v) is 11.5. The van der Waals surface area contributed by atoms with Crippen LogP contribution in [0.5, 0.6) is 0 Å². The van der Waals surface area contributed by atoms with E-state index in [9.17, 15) is 4.79 Å². The molecule has 1 amide bonds. The second-order valence-corrected chi connectivity index (χ2v) is 5.00. The van der Waals surface area contributed by atoms with Crippen LogP contribution in [-0.4, -0.2) is 67.0 Å². The molecule has 19 heavy (non-hydrogen) atoms. The maximum atomic E-state index is 11.8. The zero-order chi connectivity index (χ0) is 13.5. The smallest absolute Gasteiger partial charge is 0.252 e. The van der Waals surface area contributed by atoms with Crippen LogP contribution in [0.1, 0.15) is 16.8 Å². The van der Waals surface area contributed by atoms with Crippen molar-refractivity contribution in [2.45, 2.75) is 6.42 Å². The summed E-state index contributed by atoms with van der Waals surface area (Å²) in [4.78, 5) is 20.5. The maximum Gasteiger partial charge on any atom is 0.252 e. The summed E-state index contributed by atoms with van der Waals surface area (Å²) in [5.41, 5.74) is 0.627. The van der Waals surface area contributed by atoms with Crippen LogP contribution < -0.4 is 5.32 Å². The Kier molecular flexibility index (Phi) is 5.30. The Balaban J connectivity index is 1.61. The first-order chi connectivity index (χ1) is 9.25. The van der Waals surface area contributed by atoms with Gasteiger partial charge in [-0.25, -0.2) is 0 Å². The summed E-state index contributed by atoms with van der Waals surface area (Å²) in [7, 11) is 2.16. The topological polar surface area (TPSA) is 48.5 Å². The molecule has 104 valence electrons. The number of pyridine rings is 1. The molecular weight excluding hydrogens is 240 g/mol. The third kappa shape index (κ3) is 4.61. The largest absolute Gasteiger partial charge is 0.352 e. The number of amides is 1. The molecule has 1 aliphatic heterocycles. The molecule has 1 N–H and O–H groups in total. The van der Waals surface area contributed by atoms with Gasteiger partial charge >= 0.3 is 0 Å². The second-order valence-electron chi connectivity index (χ2n) is 5.00. The highest BCUT2D eigenvalue weighted by Crippen LogP contribution is 2.00. The van der Waals surface area contributed by atoms with Crippen molar-refractivity contribution in [3.05, 3.63) is 30.1 Å². The zero-order valence-electron chi connectivity index (χ0n) is 11.5. The normalized spacial score (nSPS) is 17.3. The van der Waals surface area contributed by atoms with Crippen molar-refractivity contribution >= 4 is 5.91 Å². The van der Waals surface area contributed by atoms with Crippen LogP contribution in [-0.2, 0) is 0 Å². The van der Waals surface area contributed by atoms with Gasteiger partial charge in [-0.05, 0) is 32.1 Å². The van der Waals surface area contributed by atoms with Crippen molar-refractivity contribution in [3.8, 4) is 0 Å². The molecule has 2 heterocycles. The van der Waals surface area contributed by atoms with Crippen LogP contribution in [0.4, 0.5) is 0 Å². The lowest BCUT2D eigenvalue weighted by Gasteiger charge is -2.32. The predicted molar refractivity (Wildman–Crippen MR) is 75.1 cm³/mol. The molecule has 2 rings (SSSR count). The summed E-state index contributed by atoms with van der Waals surface area (Å²) in [6, 6.07) is 3.56. The quantitative estimate of drug-likeness (QED) is 0.783. The molecule has 0 unspecified atom stereocenters. The highest BCUT2D eigenvalue weighted by Gasteiger charge is 2.12. The maximum absolute atomic E-state index is 11.8. The third-order valence-corrected chi connectivity index (χ3v) is 3.46. The van der Waals surface area contributed by atoms with E-state index in [1.807, 2.05) is 0 Å². The lowest BCUT2D eigenvalue weighted by atomic mass is 10.2. The standard InChI is InChI=1S/C14H22N4O/c1-17-8-10-18(11-9-17)7-3-6-16-14(19)13-4-2-5-15-12-13/h2,4-5,12H,3,6-11H2,1H3,(H,16,19). The number of nitrogens with zero attached hydrogens (tertiary/aromatic N) is 3. The molecule has 1 fully saturated rings. The van der Waals surface area contributed by atoms with Gasteiger partial charge in [0.25, 0.3) is 5.91 Å². The lowest BCUT2D eigenvalue weighted by Crippen LogP contribution is -2.45. The van der Waals surface area contributed by atoms with Gasteiger partial charge in [0.2, 0.25) is 0 Å². The number of carbonyl (C=O) groups is 1. The van der Waals surface area contributed by atoms with E-state index in [0.29, 0.717) is 5.56 Å². The Hall–Kier alpha value is -1.46. The number of hydrogen-bond acceptors (Lipinski definition) is 4. The van der Waals surface area contributed by atoms with E-state index in [4.69, 9.17) is 0 Å². The Morgan fingerprint density at radius 3 is 2.84 bits per heavy atom. The summed E-state index contributed by atoms with van der Waals surface area (Å²) in [5, 5.41) is 2.93. The average molecular weight is 262 g/mol. The Labute approximate surface area is 114 Å². The fourth-order valence-corrected chi connectivity index (χ4v) is 2.18. The van der Waals surface area contributed by atoms with Gasteiger partial charge in [-0.2, -0.15) is 0 Å². The second kappa shape index (κ2) is 7.21. The third-order valence-electron chi connectivity index (χ3n) is 3.46. The molecule has 1 aromatic heterocycles. The SMILES string of the molecule is CN1CCN(CCCNC(=O)c2cccnc2)CC1. The summed E-state index contributed by atoms with van der Waals surface area (Å²) >= 11 is 0. The van der Waals surface area contributed by atoms with Gasteiger partial charge in [0.05, 0.1) is 5.56 Å². The van der Waals surface area contributed by atoms with Crippen molar-refractivity contribution in [3.63, 3.8) is 0 Å². The summed E-state index contributed by atoms with van der Waals surface area (Å²) in [6.07, 6.45) is 4.26. The molecule has 1 aliphatic rings. The Bertz CT molecular complexity index is 388. The van der Waals surface area contributed by atoms with Crippen LogP contribution in [0.2, 0.25) is 0 Å². The number of piperazine rings is 1. The van der Waals surface area contributed by atoms with Gasteiger partial charge in [0.1, 0.15) is 0 Å². The molecule has 5 heteroatoms. The van der Waals surface area contributed by atoms with E-state index in [2.05, 4.69) is 27.1 Å². The average Bonchev–Trinajstić information content (AvgIpc) is 2.46. The number of carbonyl (C=O) groups excluding carboxylic acids is 1. The van der Waals surface area contributed by atoms with Gasteiger partial charge in [-0.3, -0.25) is 9.78 Å². The van der Waals surface area contributed by atoms with E-state index in [-0.39, 0.29) is 5.91 Å². The first kappa shape index (κ1) is 14.0. The summed E-state index contributed by atoms with van der Waals surface area (Å²) in [6.45, 7) is 6.32. The van der Waals surface area contributed by atoms with Gasteiger partial charge < -0.3 is 15.1 Å². The number of rotatable bonds is 5. The number of aromatic nitrogens is 1. The van der Waals surface area contributed by atoms with Crippen molar-refractivity contribution in [1.82, 2.24) is 20.1 Å². The molecule has 1 saturated heterocycles. The number of likely N-dealkylation sites (N-methyl/N-ethyl adjacent to an activating group) is 1. The highest BCUT2D eigenvalue weighted by molar-refractivity contribution is 5.93. The molecule has 0 aromatic carbocycles. The molecule has 0 aliphatic carbocycles. The van der Waals surface area contributed by atoms with Crippen molar-refractivity contribution in [2.75, 3.05) is 46.3 Å². The number of hydrogen-bond donors (Lipinski definition) is 1. The molecular formula is C14H22N4O.